The standard InChI is InChI=1S/C15H20O4S2/c1-5-7-10-8-11(14(16)18-4)9-12(13(10)17-3)21-15(20)19-6-2/h8-9H,5-7H2,1-4H3. The molecule has 0 aromatic heterocycles. The zero-order valence-electron chi connectivity index (χ0n) is 12.7. The van der Waals surface area contributed by atoms with Crippen LogP contribution in [0.25, 0.3) is 0 Å². The van der Waals surface area contributed by atoms with Gasteiger partial charge in [0.1, 0.15) is 5.75 Å². The predicted molar refractivity (Wildman–Crippen MR) is 88.4 cm³/mol. The molecule has 4 nitrogen and oxygen atoms in total. The van der Waals surface area contributed by atoms with Crippen LogP contribution in [0, 0.1) is 0 Å². The SMILES string of the molecule is CCCc1cc(C(=O)OC)cc(SC(=S)OCC)c1OC. The second kappa shape index (κ2) is 8.89. The summed E-state index contributed by atoms with van der Waals surface area (Å²) in [6, 6.07) is 3.53. The monoisotopic (exact) mass is 328 g/mol. The fraction of sp³-hybridized carbons (Fsp3) is 0.467. The van der Waals surface area contributed by atoms with E-state index in [1.165, 1.54) is 18.9 Å². The quantitative estimate of drug-likeness (QED) is 0.449. The highest BCUT2D eigenvalue weighted by Gasteiger charge is 2.17. The van der Waals surface area contributed by atoms with Gasteiger partial charge in [0.25, 0.3) is 0 Å². The molecular formula is C15H20O4S2. The minimum absolute atomic E-state index is 0.376. The lowest BCUT2D eigenvalue weighted by Gasteiger charge is -2.15. The van der Waals surface area contributed by atoms with Crippen molar-refractivity contribution in [3.8, 4) is 5.75 Å². The molecule has 6 heteroatoms. The van der Waals surface area contributed by atoms with Gasteiger partial charge in [0.2, 0.25) is 4.38 Å². The molecule has 0 aliphatic heterocycles. The molecule has 0 fully saturated rings. The average molecular weight is 328 g/mol. The number of hydrogen-bond donors (Lipinski definition) is 0. The van der Waals surface area contributed by atoms with Crippen molar-refractivity contribution >= 4 is 34.3 Å². The Labute approximate surface area is 135 Å². The van der Waals surface area contributed by atoms with Gasteiger partial charge >= 0.3 is 5.97 Å². The third-order valence-corrected chi connectivity index (χ3v) is 3.91. The van der Waals surface area contributed by atoms with Crippen LogP contribution in [-0.2, 0) is 15.9 Å². The van der Waals surface area contributed by atoms with E-state index in [0.29, 0.717) is 16.6 Å². The Morgan fingerprint density at radius 1 is 1.29 bits per heavy atom. The number of methoxy groups -OCH3 is 2. The van der Waals surface area contributed by atoms with Crippen molar-refractivity contribution in [1.29, 1.82) is 0 Å². The van der Waals surface area contributed by atoms with Crippen LogP contribution in [0.4, 0.5) is 0 Å². The lowest BCUT2D eigenvalue weighted by atomic mass is 10.1. The fourth-order valence-electron chi connectivity index (χ4n) is 1.90. The van der Waals surface area contributed by atoms with E-state index in [2.05, 4.69) is 6.92 Å². The van der Waals surface area contributed by atoms with Crippen molar-refractivity contribution in [3.63, 3.8) is 0 Å². The number of aryl methyl sites for hydroxylation is 1. The molecule has 0 atom stereocenters. The van der Waals surface area contributed by atoms with Gasteiger partial charge in [-0.1, -0.05) is 13.3 Å². The first-order valence-electron chi connectivity index (χ1n) is 6.71. The summed E-state index contributed by atoms with van der Waals surface area (Å²) in [7, 11) is 2.98. The van der Waals surface area contributed by atoms with Crippen LogP contribution in [0.15, 0.2) is 17.0 Å². The van der Waals surface area contributed by atoms with Crippen molar-refractivity contribution in [1.82, 2.24) is 0 Å². The molecule has 0 unspecified atom stereocenters. The molecule has 0 saturated carbocycles. The molecule has 0 amide bonds. The van der Waals surface area contributed by atoms with Gasteiger partial charge in [-0.05, 0) is 55.0 Å². The minimum atomic E-state index is -0.376. The Balaban J connectivity index is 3.25. The van der Waals surface area contributed by atoms with E-state index in [1.807, 2.05) is 13.0 Å². The molecule has 0 N–H and O–H groups in total. The molecule has 116 valence electrons. The molecule has 0 spiro atoms. The third-order valence-electron chi connectivity index (χ3n) is 2.73. The molecule has 0 radical (unpaired) electrons. The van der Waals surface area contributed by atoms with Crippen LogP contribution in [-0.4, -0.2) is 31.2 Å². The lowest BCUT2D eigenvalue weighted by molar-refractivity contribution is 0.0600. The Morgan fingerprint density at radius 2 is 2.00 bits per heavy atom. The highest BCUT2D eigenvalue weighted by molar-refractivity contribution is 8.22. The van der Waals surface area contributed by atoms with Gasteiger partial charge < -0.3 is 14.2 Å². The maximum absolute atomic E-state index is 11.8. The van der Waals surface area contributed by atoms with Crippen molar-refractivity contribution in [2.45, 2.75) is 31.6 Å². The zero-order valence-corrected chi connectivity index (χ0v) is 14.4. The maximum Gasteiger partial charge on any atom is 0.337 e. The molecule has 0 heterocycles. The smallest absolute Gasteiger partial charge is 0.337 e. The number of hydrogen-bond acceptors (Lipinski definition) is 6. The van der Waals surface area contributed by atoms with E-state index in [1.54, 1.807) is 13.2 Å². The molecule has 0 aliphatic rings. The highest BCUT2D eigenvalue weighted by atomic mass is 32.2. The topological polar surface area (TPSA) is 44.8 Å². The number of thiocarbonyl (C=S) groups is 1. The third kappa shape index (κ3) is 4.89. The van der Waals surface area contributed by atoms with Gasteiger partial charge in [-0.15, -0.1) is 0 Å². The summed E-state index contributed by atoms with van der Waals surface area (Å²) in [6.07, 6.45) is 1.75. The van der Waals surface area contributed by atoms with Crippen molar-refractivity contribution in [2.24, 2.45) is 0 Å². The Morgan fingerprint density at radius 3 is 2.52 bits per heavy atom. The summed E-state index contributed by atoms with van der Waals surface area (Å²) in [6.45, 7) is 4.45. The van der Waals surface area contributed by atoms with Crippen molar-refractivity contribution in [3.05, 3.63) is 23.3 Å². The lowest BCUT2D eigenvalue weighted by Crippen LogP contribution is -2.05. The van der Waals surface area contributed by atoms with Gasteiger partial charge in [0, 0.05) is 0 Å². The summed E-state index contributed by atoms with van der Waals surface area (Å²) in [5.41, 5.74) is 1.45. The van der Waals surface area contributed by atoms with E-state index in [9.17, 15) is 4.79 Å². The first-order valence-corrected chi connectivity index (χ1v) is 7.93. The molecule has 1 rings (SSSR count). The Bertz CT molecular complexity index is 515. The van der Waals surface area contributed by atoms with E-state index >= 15 is 0 Å². The van der Waals surface area contributed by atoms with Gasteiger partial charge in [-0.3, -0.25) is 0 Å². The molecule has 21 heavy (non-hydrogen) atoms. The molecule has 0 saturated heterocycles. The van der Waals surface area contributed by atoms with Gasteiger partial charge in [-0.2, -0.15) is 0 Å². The van der Waals surface area contributed by atoms with Crippen LogP contribution in [0.2, 0.25) is 0 Å². The average Bonchev–Trinajstić information content (AvgIpc) is 2.46. The summed E-state index contributed by atoms with van der Waals surface area (Å²) >= 11 is 6.43. The molecule has 0 bridgehead atoms. The normalized spacial score (nSPS) is 10.1. The Hall–Kier alpha value is -1.27. The maximum atomic E-state index is 11.8. The predicted octanol–water partition coefficient (Wildman–Crippen LogP) is 3.85. The largest absolute Gasteiger partial charge is 0.495 e. The van der Waals surface area contributed by atoms with E-state index < -0.39 is 0 Å². The summed E-state index contributed by atoms with van der Waals surface area (Å²) in [4.78, 5) is 12.6. The molecule has 1 aromatic carbocycles. The van der Waals surface area contributed by atoms with Crippen LogP contribution in [0.3, 0.4) is 0 Å². The number of rotatable bonds is 6. The van der Waals surface area contributed by atoms with Crippen LogP contribution in [0.1, 0.15) is 36.2 Å². The van der Waals surface area contributed by atoms with E-state index in [0.717, 1.165) is 29.1 Å². The number of ether oxygens (including phenoxy) is 3. The minimum Gasteiger partial charge on any atom is -0.495 e. The van der Waals surface area contributed by atoms with Gasteiger partial charge in [0.05, 0.1) is 31.3 Å². The van der Waals surface area contributed by atoms with Crippen LogP contribution >= 0.6 is 24.0 Å². The van der Waals surface area contributed by atoms with Crippen LogP contribution < -0.4 is 4.74 Å². The van der Waals surface area contributed by atoms with E-state index in [-0.39, 0.29) is 5.97 Å². The fourth-order valence-corrected chi connectivity index (χ4v) is 3.13. The summed E-state index contributed by atoms with van der Waals surface area (Å²) in [5, 5.41) is 0. The highest BCUT2D eigenvalue weighted by Crippen LogP contribution is 2.36. The van der Waals surface area contributed by atoms with Crippen molar-refractivity contribution in [2.75, 3.05) is 20.8 Å². The molecular weight excluding hydrogens is 308 g/mol. The van der Waals surface area contributed by atoms with Gasteiger partial charge in [-0.25, -0.2) is 4.79 Å². The number of thioether (sulfide) groups is 1. The zero-order chi connectivity index (χ0) is 15.8. The van der Waals surface area contributed by atoms with Crippen molar-refractivity contribution < 1.29 is 19.0 Å². The second-order valence-corrected chi connectivity index (χ2v) is 5.84. The molecule has 1 aromatic rings. The summed E-state index contributed by atoms with van der Waals surface area (Å²) < 4.78 is 16.0. The first kappa shape index (κ1) is 17.8. The molecule has 0 aliphatic carbocycles. The Kier molecular flexibility index (Phi) is 7.53. The van der Waals surface area contributed by atoms with E-state index in [4.69, 9.17) is 26.4 Å². The first-order chi connectivity index (χ1) is 10.1. The number of carbonyl (C=O) groups is 1. The number of benzene rings is 1. The number of carbonyl (C=O) groups excluding carboxylic acids is 1. The second-order valence-electron chi connectivity index (χ2n) is 4.19. The van der Waals surface area contributed by atoms with Crippen LogP contribution in [0.5, 0.6) is 5.75 Å². The number of esters is 1. The summed E-state index contributed by atoms with van der Waals surface area (Å²) in [5.74, 6) is 0.357. The van der Waals surface area contributed by atoms with Gasteiger partial charge in [0.15, 0.2) is 0 Å².